The number of fused-ring (bicyclic) bond motifs is 2. The van der Waals surface area contributed by atoms with E-state index in [0.29, 0.717) is 0 Å². The predicted octanol–water partition coefficient (Wildman–Crippen LogP) is 3.72. The lowest BCUT2D eigenvalue weighted by Crippen LogP contribution is -2.07. The Morgan fingerprint density at radius 2 is 1.77 bits per heavy atom. The zero-order valence-electron chi connectivity index (χ0n) is 8.42. The third-order valence-corrected chi connectivity index (χ3v) is 3.62. The van der Waals surface area contributed by atoms with Gasteiger partial charge in [-0.25, -0.2) is 0 Å². The van der Waals surface area contributed by atoms with Crippen LogP contribution in [0.1, 0.15) is 26.2 Å². The second-order valence-electron chi connectivity index (χ2n) is 4.54. The molecular formula is C13H18. The van der Waals surface area contributed by atoms with Crippen LogP contribution < -0.4 is 0 Å². The molecule has 0 spiro atoms. The molecular weight excluding hydrogens is 156 g/mol. The molecule has 0 aromatic carbocycles. The Balaban J connectivity index is 1.98. The zero-order valence-corrected chi connectivity index (χ0v) is 8.42. The molecule has 0 aromatic rings. The fourth-order valence-electron chi connectivity index (χ4n) is 2.66. The van der Waals surface area contributed by atoms with Gasteiger partial charge in [-0.05, 0) is 43.9 Å². The summed E-state index contributed by atoms with van der Waals surface area (Å²) in [6.07, 6.45) is 8.78. The van der Waals surface area contributed by atoms with E-state index in [0.717, 1.165) is 29.7 Å². The molecule has 0 amide bonds. The highest BCUT2D eigenvalue weighted by Gasteiger charge is 2.37. The lowest BCUT2D eigenvalue weighted by Gasteiger charge is -2.17. The summed E-state index contributed by atoms with van der Waals surface area (Å²) in [5, 5.41) is 0. The van der Waals surface area contributed by atoms with Gasteiger partial charge >= 0.3 is 0 Å². The first kappa shape index (κ1) is 8.80. The van der Waals surface area contributed by atoms with Crippen LogP contribution in [0.5, 0.6) is 0 Å². The number of allylic oxidation sites excluding steroid dienone is 4. The summed E-state index contributed by atoms with van der Waals surface area (Å²) in [7, 11) is 0. The Morgan fingerprint density at radius 1 is 1.23 bits per heavy atom. The maximum atomic E-state index is 4.09. The average molecular weight is 174 g/mol. The van der Waals surface area contributed by atoms with E-state index in [-0.39, 0.29) is 0 Å². The summed E-state index contributed by atoms with van der Waals surface area (Å²) < 4.78 is 0. The van der Waals surface area contributed by atoms with Gasteiger partial charge in [0, 0.05) is 0 Å². The first-order valence-corrected chi connectivity index (χ1v) is 5.20. The third kappa shape index (κ3) is 1.50. The van der Waals surface area contributed by atoms with Gasteiger partial charge < -0.3 is 0 Å². The highest BCUT2D eigenvalue weighted by atomic mass is 14.4. The molecule has 1 saturated carbocycles. The molecule has 0 aromatic heterocycles. The number of hydrogen-bond donors (Lipinski definition) is 0. The maximum Gasteiger partial charge on any atom is -0.0196 e. The van der Waals surface area contributed by atoms with Crippen LogP contribution in [0, 0.1) is 17.8 Å². The Bertz CT molecular complexity index is 256. The van der Waals surface area contributed by atoms with Crippen molar-refractivity contribution in [3.63, 3.8) is 0 Å². The van der Waals surface area contributed by atoms with Crippen molar-refractivity contribution >= 4 is 0 Å². The zero-order chi connectivity index (χ0) is 9.42. The monoisotopic (exact) mass is 174 g/mol. The molecule has 0 radical (unpaired) electrons. The molecule has 2 rings (SSSR count). The molecule has 2 bridgehead atoms. The molecule has 0 heteroatoms. The van der Waals surface area contributed by atoms with Crippen molar-refractivity contribution in [3.05, 3.63) is 36.5 Å². The van der Waals surface area contributed by atoms with Crippen LogP contribution in [0.15, 0.2) is 36.5 Å². The van der Waals surface area contributed by atoms with Crippen LogP contribution in [0.3, 0.4) is 0 Å². The first-order valence-electron chi connectivity index (χ1n) is 5.20. The first-order chi connectivity index (χ1) is 6.18. The Hall–Kier alpha value is -0.780. The van der Waals surface area contributed by atoms with Gasteiger partial charge in [0.15, 0.2) is 0 Å². The summed E-state index contributed by atoms with van der Waals surface area (Å²) in [5.74, 6) is 2.55. The summed E-state index contributed by atoms with van der Waals surface area (Å²) in [5.41, 5.74) is 2.41. The molecule has 0 nitrogen and oxygen atoms in total. The van der Waals surface area contributed by atoms with Crippen LogP contribution in [0.4, 0.5) is 0 Å². The minimum atomic E-state index is 0.848. The van der Waals surface area contributed by atoms with Crippen LogP contribution in [0.2, 0.25) is 0 Å². The van der Waals surface area contributed by atoms with E-state index in [1.54, 1.807) is 0 Å². The van der Waals surface area contributed by atoms with Gasteiger partial charge in [-0.1, -0.05) is 36.5 Å². The van der Waals surface area contributed by atoms with Crippen LogP contribution in [-0.4, -0.2) is 0 Å². The quantitative estimate of drug-likeness (QED) is 0.452. The SMILES string of the molecule is C=C(C)C(=C)CC1C2C=CC1CC2. The Morgan fingerprint density at radius 3 is 2.15 bits per heavy atom. The minimum absolute atomic E-state index is 0.848. The maximum absolute atomic E-state index is 4.09. The smallest absolute Gasteiger partial charge is 0.0196 e. The molecule has 0 saturated heterocycles. The van der Waals surface area contributed by atoms with E-state index in [2.05, 4.69) is 32.2 Å². The molecule has 2 unspecified atom stereocenters. The second-order valence-corrected chi connectivity index (χ2v) is 4.54. The van der Waals surface area contributed by atoms with Crippen molar-refractivity contribution in [2.45, 2.75) is 26.2 Å². The van der Waals surface area contributed by atoms with Gasteiger partial charge in [0.2, 0.25) is 0 Å². The number of rotatable bonds is 3. The molecule has 0 aliphatic heterocycles. The topological polar surface area (TPSA) is 0 Å². The molecule has 2 aliphatic rings. The normalized spacial score (nSPS) is 35.3. The highest BCUT2D eigenvalue weighted by molar-refractivity contribution is 5.25. The van der Waals surface area contributed by atoms with Gasteiger partial charge in [-0.15, -0.1) is 0 Å². The summed E-state index contributed by atoms with van der Waals surface area (Å²) in [6.45, 7) is 10.1. The van der Waals surface area contributed by atoms with Crippen LogP contribution >= 0.6 is 0 Å². The lowest BCUT2D eigenvalue weighted by molar-refractivity contribution is 0.428. The molecule has 2 atom stereocenters. The minimum Gasteiger partial charge on any atom is -0.0959 e. The largest absolute Gasteiger partial charge is 0.0959 e. The molecule has 13 heavy (non-hydrogen) atoms. The van der Waals surface area contributed by atoms with Crippen molar-refractivity contribution < 1.29 is 0 Å². The lowest BCUT2D eigenvalue weighted by atomic mass is 9.88. The summed E-state index contributed by atoms with van der Waals surface area (Å²) in [6, 6.07) is 0. The van der Waals surface area contributed by atoms with Crippen molar-refractivity contribution in [2.24, 2.45) is 17.8 Å². The number of hydrogen-bond acceptors (Lipinski definition) is 0. The van der Waals surface area contributed by atoms with Gasteiger partial charge in [0.25, 0.3) is 0 Å². The molecule has 0 heterocycles. The standard InChI is InChI=1S/C13H18/c1-9(2)10(3)8-13-11-4-5-12(13)7-6-11/h4-5,11-13H,1,3,6-8H2,2H3. The van der Waals surface area contributed by atoms with Crippen LogP contribution in [-0.2, 0) is 0 Å². The highest BCUT2D eigenvalue weighted by Crippen LogP contribution is 2.47. The van der Waals surface area contributed by atoms with E-state index < -0.39 is 0 Å². The van der Waals surface area contributed by atoms with Crippen molar-refractivity contribution in [1.29, 1.82) is 0 Å². The molecule has 0 N–H and O–H groups in total. The Labute approximate surface area is 81.0 Å². The Kier molecular flexibility index (Phi) is 2.15. The average Bonchev–Trinajstić information content (AvgIpc) is 2.65. The fraction of sp³-hybridized carbons (Fsp3) is 0.538. The van der Waals surface area contributed by atoms with Crippen LogP contribution in [0.25, 0.3) is 0 Å². The van der Waals surface area contributed by atoms with E-state index in [4.69, 9.17) is 0 Å². The summed E-state index contributed by atoms with van der Waals surface area (Å²) in [4.78, 5) is 0. The van der Waals surface area contributed by atoms with Gasteiger partial charge in [-0.2, -0.15) is 0 Å². The van der Waals surface area contributed by atoms with Crippen molar-refractivity contribution in [3.8, 4) is 0 Å². The predicted molar refractivity (Wildman–Crippen MR) is 57.4 cm³/mol. The van der Waals surface area contributed by atoms with Gasteiger partial charge in [0.1, 0.15) is 0 Å². The third-order valence-electron chi connectivity index (χ3n) is 3.62. The van der Waals surface area contributed by atoms with E-state index >= 15 is 0 Å². The molecule has 70 valence electrons. The molecule has 2 aliphatic carbocycles. The van der Waals surface area contributed by atoms with Gasteiger partial charge in [0.05, 0.1) is 0 Å². The van der Waals surface area contributed by atoms with E-state index in [9.17, 15) is 0 Å². The van der Waals surface area contributed by atoms with E-state index in [1.165, 1.54) is 18.4 Å². The van der Waals surface area contributed by atoms with Crippen molar-refractivity contribution in [1.82, 2.24) is 0 Å². The summed E-state index contributed by atoms with van der Waals surface area (Å²) >= 11 is 0. The second kappa shape index (κ2) is 3.17. The fourth-order valence-corrected chi connectivity index (χ4v) is 2.66. The van der Waals surface area contributed by atoms with Gasteiger partial charge in [-0.3, -0.25) is 0 Å². The van der Waals surface area contributed by atoms with E-state index in [1.807, 2.05) is 0 Å². The van der Waals surface area contributed by atoms with Crippen molar-refractivity contribution in [2.75, 3.05) is 0 Å². The molecule has 1 fully saturated rings.